The smallest absolute Gasteiger partial charge is 0.374 e. The van der Waals surface area contributed by atoms with E-state index in [9.17, 15) is 4.79 Å². The lowest BCUT2D eigenvalue weighted by Gasteiger charge is -2.28. The molecule has 0 radical (unpaired) electrons. The molecule has 0 aromatic rings. The van der Waals surface area contributed by atoms with Gasteiger partial charge in [0.25, 0.3) is 0 Å². The molecule has 0 aliphatic rings. The zero-order valence-corrected chi connectivity index (χ0v) is 16.4. The van der Waals surface area contributed by atoms with Crippen LogP contribution in [0.1, 0.15) is 47.5 Å². The van der Waals surface area contributed by atoms with Crippen LogP contribution in [0.3, 0.4) is 0 Å². The summed E-state index contributed by atoms with van der Waals surface area (Å²) in [6, 6.07) is 0.742. The zero-order valence-electron chi connectivity index (χ0n) is 15.4. The molecule has 0 aliphatic heterocycles. The first-order chi connectivity index (χ1) is 11.0. The second-order valence-corrected chi connectivity index (χ2v) is 8.03. The molecule has 0 aliphatic carbocycles. The van der Waals surface area contributed by atoms with Gasteiger partial charge in [-0.25, -0.2) is 0 Å². The van der Waals surface area contributed by atoms with Gasteiger partial charge in [-0.15, -0.1) is 6.58 Å². The van der Waals surface area contributed by atoms with E-state index in [0.717, 1.165) is 18.2 Å². The Labute approximate surface area is 142 Å². The van der Waals surface area contributed by atoms with E-state index in [1.165, 1.54) is 0 Å². The highest BCUT2D eigenvalue weighted by atomic mass is 28.4. The topological polar surface area (TPSA) is 57.1 Å². The van der Waals surface area contributed by atoms with Crippen LogP contribution in [-0.2, 0) is 18.1 Å². The molecule has 0 saturated heterocycles. The van der Waals surface area contributed by atoms with E-state index < -0.39 is 8.80 Å². The molecule has 0 N–H and O–H groups in total. The number of hydrogen-bond donors (Lipinski definition) is 0. The van der Waals surface area contributed by atoms with Crippen molar-refractivity contribution in [2.24, 2.45) is 10.9 Å². The fourth-order valence-electron chi connectivity index (χ4n) is 2.46. The Morgan fingerprint density at radius 2 is 1.65 bits per heavy atom. The van der Waals surface area contributed by atoms with Crippen molar-refractivity contribution in [2.75, 3.05) is 26.4 Å². The molecule has 134 valence electrons. The van der Waals surface area contributed by atoms with Crippen LogP contribution in [0.25, 0.3) is 0 Å². The van der Waals surface area contributed by atoms with Crippen molar-refractivity contribution in [1.82, 2.24) is 0 Å². The number of Topliss-reactive ketones (excluding diaryl/α,β-unsaturated/α-hetero) is 1. The van der Waals surface area contributed by atoms with Crippen molar-refractivity contribution in [3.63, 3.8) is 0 Å². The summed E-state index contributed by atoms with van der Waals surface area (Å²) in [6.07, 6.45) is 3.23. The van der Waals surface area contributed by atoms with Gasteiger partial charge in [0.2, 0.25) is 0 Å². The number of hydrogen-bond acceptors (Lipinski definition) is 5. The number of carbonyl (C=O) groups excluding carboxylic acids is 1. The summed E-state index contributed by atoms with van der Waals surface area (Å²) in [5.74, 6) is -0.0204. The van der Waals surface area contributed by atoms with Crippen LogP contribution < -0.4 is 0 Å². The number of rotatable bonds is 14. The fourth-order valence-corrected chi connectivity index (χ4v) is 5.05. The molecule has 1 unspecified atom stereocenters. The van der Waals surface area contributed by atoms with Crippen LogP contribution in [0, 0.1) is 5.92 Å². The van der Waals surface area contributed by atoms with Crippen LogP contribution in [-0.4, -0.2) is 46.7 Å². The van der Waals surface area contributed by atoms with Gasteiger partial charge in [-0.1, -0.05) is 6.08 Å². The predicted molar refractivity (Wildman–Crippen MR) is 97.0 cm³/mol. The minimum atomic E-state index is -2.58. The lowest BCUT2D eigenvalue weighted by molar-refractivity contribution is -0.118. The third-order valence-electron chi connectivity index (χ3n) is 3.49. The van der Waals surface area contributed by atoms with Crippen LogP contribution in [0.15, 0.2) is 17.6 Å². The summed E-state index contributed by atoms with van der Waals surface area (Å²) in [5, 5.41) is 0. The van der Waals surface area contributed by atoms with Gasteiger partial charge in [0.15, 0.2) is 0 Å². The molecule has 0 bridgehead atoms. The Morgan fingerprint density at radius 3 is 2.04 bits per heavy atom. The van der Waals surface area contributed by atoms with Gasteiger partial charge in [0.1, 0.15) is 5.78 Å². The molecule has 0 aromatic heterocycles. The summed E-state index contributed by atoms with van der Waals surface area (Å²) in [6.45, 7) is 15.5. The monoisotopic (exact) mass is 343 g/mol. The number of aliphatic imine (C=N–C) groups is 1. The molecule has 0 heterocycles. The summed E-state index contributed by atoms with van der Waals surface area (Å²) >= 11 is 0. The van der Waals surface area contributed by atoms with Crippen molar-refractivity contribution < 1.29 is 18.1 Å². The third-order valence-corrected chi connectivity index (χ3v) is 6.64. The standard InChI is InChI=1S/C17H33NO4Si/c1-7-12-17(16(6)19)15(5)18-13-11-14-23(20-8-2,21-9-3)22-10-4/h7,17H,1,8-14H2,2-6H3. The van der Waals surface area contributed by atoms with Gasteiger partial charge >= 0.3 is 8.80 Å². The Balaban J connectivity index is 4.65. The maximum Gasteiger partial charge on any atom is 0.500 e. The quantitative estimate of drug-likeness (QED) is 0.209. The lowest BCUT2D eigenvalue weighted by atomic mass is 9.96. The van der Waals surface area contributed by atoms with Crippen LogP contribution in [0.2, 0.25) is 6.04 Å². The highest BCUT2D eigenvalue weighted by molar-refractivity contribution is 6.60. The van der Waals surface area contributed by atoms with E-state index in [-0.39, 0.29) is 11.7 Å². The molecule has 0 fully saturated rings. The van der Waals surface area contributed by atoms with E-state index in [1.807, 2.05) is 27.7 Å². The van der Waals surface area contributed by atoms with Crippen LogP contribution in [0.4, 0.5) is 0 Å². The van der Waals surface area contributed by atoms with Crippen LogP contribution in [0.5, 0.6) is 0 Å². The van der Waals surface area contributed by atoms with Crippen molar-refractivity contribution >= 4 is 20.3 Å². The number of nitrogens with zero attached hydrogens (tertiary/aromatic N) is 1. The molecule has 0 amide bonds. The summed E-state index contributed by atoms with van der Waals surface area (Å²) < 4.78 is 17.5. The van der Waals surface area contributed by atoms with Gasteiger partial charge < -0.3 is 13.3 Å². The maximum atomic E-state index is 11.6. The predicted octanol–water partition coefficient (Wildman–Crippen LogP) is 3.67. The first kappa shape index (κ1) is 22.2. The molecule has 5 nitrogen and oxygen atoms in total. The van der Waals surface area contributed by atoms with E-state index in [2.05, 4.69) is 11.6 Å². The van der Waals surface area contributed by atoms with Gasteiger partial charge in [-0.05, 0) is 47.5 Å². The molecule has 0 spiro atoms. The second-order valence-electron chi connectivity index (χ2n) is 5.30. The molecular formula is C17H33NO4Si. The molecular weight excluding hydrogens is 310 g/mol. The van der Waals surface area contributed by atoms with E-state index in [0.29, 0.717) is 32.8 Å². The van der Waals surface area contributed by atoms with Gasteiger partial charge in [-0.2, -0.15) is 0 Å². The van der Waals surface area contributed by atoms with E-state index >= 15 is 0 Å². The maximum absolute atomic E-state index is 11.6. The molecule has 23 heavy (non-hydrogen) atoms. The average Bonchev–Trinajstić information content (AvgIpc) is 2.49. The Bertz CT molecular complexity index is 368. The minimum absolute atomic E-state index is 0.132. The normalized spacial score (nSPS) is 13.9. The highest BCUT2D eigenvalue weighted by Gasteiger charge is 2.39. The fraction of sp³-hybridized carbons (Fsp3) is 0.765. The SMILES string of the molecule is C=CCC(C(C)=O)C(C)=NCCC[Si](OCC)(OCC)OCC. The Kier molecular flexibility index (Phi) is 12.1. The van der Waals surface area contributed by atoms with E-state index in [1.54, 1.807) is 13.0 Å². The molecule has 0 aromatic carbocycles. The minimum Gasteiger partial charge on any atom is -0.374 e. The van der Waals surface area contributed by atoms with Gasteiger partial charge in [0, 0.05) is 38.1 Å². The Morgan fingerprint density at radius 1 is 1.13 bits per heavy atom. The number of allylic oxidation sites excluding steroid dienone is 1. The largest absolute Gasteiger partial charge is 0.500 e. The van der Waals surface area contributed by atoms with Gasteiger partial charge in [0.05, 0.1) is 5.92 Å². The second kappa shape index (κ2) is 12.6. The zero-order chi connectivity index (χ0) is 17.7. The van der Waals surface area contributed by atoms with Crippen LogP contribution >= 0.6 is 0 Å². The number of carbonyl (C=O) groups is 1. The summed E-state index contributed by atoms with van der Waals surface area (Å²) in [7, 11) is -2.58. The van der Waals surface area contributed by atoms with Crippen molar-refractivity contribution in [2.45, 2.75) is 53.5 Å². The summed E-state index contributed by atoms with van der Waals surface area (Å²) in [5.41, 5.74) is 0.869. The average molecular weight is 344 g/mol. The molecule has 0 saturated carbocycles. The first-order valence-corrected chi connectivity index (χ1v) is 10.4. The Hall–Kier alpha value is -0.823. The number of ketones is 1. The molecule has 6 heteroatoms. The van der Waals surface area contributed by atoms with E-state index in [4.69, 9.17) is 13.3 Å². The summed E-state index contributed by atoms with van der Waals surface area (Å²) in [4.78, 5) is 16.2. The van der Waals surface area contributed by atoms with Crippen molar-refractivity contribution in [1.29, 1.82) is 0 Å². The molecule has 0 rings (SSSR count). The highest BCUT2D eigenvalue weighted by Crippen LogP contribution is 2.18. The van der Waals surface area contributed by atoms with Crippen molar-refractivity contribution in [3.8, 4) is 0 Å². The van der Waals surface area contributed by atoms with Gasteiger partial charge in [-0.3, -0.25) is 9.79 Å². The molecule has 1 atom stereocenters. The lowest BCUT2D eigenvalue weighted by Crippen LogP contribution is -2.46. The van der Waals surface area contributed by atoms with Crippen molar-refractivity contribution in [3.05, 3.63) is 12.7 Å². The third kappa shape index (κ3) is 8.55. The first-order valence-electron chi connectivity index (χ1n) is 8.50.